The molecule has 0 atom stereocenters. The fraction of sp³-hybridized carbons (Fsp3) is 0.269. The summed E-state index contributed by atoms with van der Waals surface area (Å²) in [4.78, 5) is 35.5. The normalized spacial score (nSPS) is 10.1. The van der Waals surface area contributed by atoms with Crippen molar-refractivity contribution in [1.82, 2.24) is 0 Å². The van der Waals surface area contributed by atoms with Crippen LogP contribution in [-0.2, 0) is 19.1 Å². The molecule has 2 rings (SSSR count). The highest BCUT2D eigenvalue weighted by Gasteiger charge is 2.09. The molecule has 0 spiro atoms. The third-order valence-corrected chi connectivity index (χ3v) is 5.28. The summed E-state index contributed by atoms with van der Waals surface area (Å²) in [7, 11) is 0. The van der Waals surface area contributed by atoms with E-state index >= 15 is 0 Å². The third kappa shape index (κ3) is 10.4. The minimum absolute atomic E-state index is 0.0820. The number of thioether (sulfide) groups is 1. The van der Waals surface area contributed by atoms with E-state index in [0.29, 0.717) is 49.7 Å². The Bertz CT molecular complexity index is 952. The average Bonchev–Trinajstić information content (AvgIpc) is 2.85. The van der Waals surface area contributed by atoms with Crippen LogP contribution in [0.1, 0.15) is 36.0 Å². The molecule has 0 aliphatic carbocycles. The van der Waals surface area contributed by atoms with Gasteiger partial charge in [-0.3, -0.25) is 9.59 Å². The number of carbonyl (C=O) groups excluding carboxylic acids is 3. The first-order valence-corrected chi connectivity index (χ1v) is 11.6. The second-order valence-electron chi connectivity index (χ2n) is 6.92. The zero-order chi connectivity index (χ0) is 24.6. The van der Waals surface area contributed by atoms with Crippen molar-refractivity contribution in [2.75, 3.05) is 19.8 Å². The molecular formula is C26H28O7S. The first-order valence-electron chi connectivity index (χ1n) is 10.8. The Morgan fingerprint density at radius 2 is 1.38 bits per heavy atom. The van der Waals surface area contributed by atoms with Gasteiger partial charge in [-0.25, -0.2) is 4.79 Å². The van der Waals surface area contributed by atoms with Crippen molar-refractivity contribution in [3.05, 3.63) is 79.6 Å². The minimum atomic E-state index is -0.423. The molecule has 7 nitrogen and oxygen atoms in total. The van der Waals surface area contributed by atoms with Gasteiger partial charge in [-0.2, -0.15) is 0 Å². The first kappa shape index (κ1) is 26.7. The van der Waals surface area contributed by atoms with Gasteiger partial charge < -0.3 is 18.9 Å². The largest absolute Gasteiger partial charge is 0.494 e. The van der Waals surface area contributed by atoms with Gasteiger partial charge in [0.15, 0.2) is 0 Å². The smallest absolute Gasteiger partial charge is 0.330 e. The summed E-state index contributed by atoms with van der Waals surface area (Å²) < 4.78 is 20.8. The summed E-state index contributed by atoms with van der Waals surface area (Å²) in [6.07, 6.45) is 4.47. The molecule has 0 aliphatic heterocycles. The fourth-order valence-corrected chi connectivity index (χ4v) is 3.38. The van der Waals surface area contributed by atoms with E-state index in [1.807, 2.05) is 24.3 Å². The van der Waals surface area contributed by atoms with Gasteiger partial charge in [-0.05, 0) is 79.6 Å². The number of carbonyl (C=O) groups is 3. The highest BCUT2D eigenvalue weighted by atomic mass is 32.2. The molecule has 0 N–H and O–H groups in total. The van der Waals surface area contributed by atoms with Crippen LogP contribution in [0.2, 0.25) is 0 Å². The van der Waals surface area contributed by atoms with E-state index < -0.39 is 5.97 Å². The Labute approximate surface area is 203 Å². The monoisotopic (exact) mass is 484 g/mol. The van der Waals surface area contributed by atoms with Crippen molar-refractivity contribution < 1.29 is 33.3 Å². The standard InChI is InChI=1S/C26H28O7S/c1-3-24(27)33-18-6-5-17-31-22-13-15-23(16-14-22)34-26(29)20-9-11-21(12-10-20)32-19-7-8-25(28)30-4-2/h3-4,9-16H,1-2,5-8,17-19H2. The van der Waals surface area contributed by atoms with Crippen molar-refractivity contribution in [2.45, 2.75) is 30.6 Å². The van der Waals surface area contributed by atoms with E-state index in [1.54, 1.807) is 24.3 Å². The highest BCUT2D eigenvalue weighted by molar-refractivity contribution is 8.14. The predicted octanol–water partition coefficient (Wildman–Crippen LogP) is 5.35. The number of hydrogen-bond donors (Lipinski definition) is 0. The average molecular weight is 485 g/mol. The molecule has 2 aromatic carbocycles. The Balaban J connectivity index is 1.69. The maximum Gasteiger partial charge on any atom is 0.330 e. The van der Waals surface area contributed by atoms with Crippen LogP contribution in [0.4, 0.5) is 0 Å². The highest BCUT2D eigenvalue weighted by Crippen LogP contribution is 2.26. The molecule has 0 radical (unpaired) electrons. The maximum atomic E-state index is 12.5. The van der Waals surface area contributed by atoms with E-state index in [4.69, 9.17) is 14.2 Å². The molecule has 34 heavy (non-hydrogen) atoms. The number of unbranched alkanes of at least 4 members (excludes halogenated alkanes) is 1. The first-order chi connectivity index (χ1) is 16.5. The molecule has 0 aliphatic rings. The second-order valence-corrected chi connectivity index (χ2v) is 7.97. The van der Waals surface area contributed by atoms with Crippen molar-refractivity contribution >= 4 is 28.8 Å². The lowest BCUT2D eigenvalue weighted by molar-refractivity contribution is -0.139. The maximum absolute atomic E-state index is 12.5. The molecule has 0 heterocycles. The number of benzene rings is 2. The summed E-state index contributed by atoms with van der Waals surface area (Å²) in [5.41, 5.74) is 0.560. The van der Waals surface area contributed by atoms with Gasteiger partial charge in [0, 0.05) is 23.0 Å². The lowest BCUT2D eigenvalue weighted by atomic mass is 10.2. The van der Waals surface area contributed by atoms with E-state index in [-0.39, 0.29) is 17.5 Å². The van der Waals surface area contributed by atoms with Crippen LogP contribution < -0.4 is 9.47 Å². The number of ether oxygens (including phenoxy) is 4. The van der Waals surface area contributed by atoms with Gasteiger partial charge in [0.25, 0.3) is 0 Å². The van der Waals surface area contributed by atoms with Crippen LogP contribution in [0.3, 0.4) is 0 Å². The van der Waals surface area contributed by atoms with Crippen LogP contribution in [0.5, 0.6) is 11.5 Å². The molecule has 180 valence electrons. The van der Waals surface area contributed by atoms with Gasteiger partial charge in [-0.1, -0.05) is 13.2 Å². The molecule has 8 heteroatoms. The number of hydrogen-bond acceptors (Lipinski definition) is 8. The van der Waals surface area contributed by atoms with Gasteiger partial charge in [-0.15, -0.1) is 0 Å². The quantitative estimate of drug-likeness (QED) is 0.110. The molecule has 0 saturated carbocycles. The minimum Gasteiger partial charge on any atom is -0.494 e. The second kappa shape index (κ2) is 15.3. The van der Waals surface area contributed by atoms with E-state index in [0.717, 1.165) is 35.4 Å². The van der Waals surface area contributed by atoms with Crippen LogP contribution in [-0.4, -0.2) is 36.9 Å². The van der Waals surface area contributed by atoms with Gasteiger partial charge in [0.1, 0.15) is 11.5 Å². The molecule has 2 aromatic rings. The van der Waals surface area contributed by atoms with Crippen LogP contribution in [0.25, 0.3) is 0 Å². The number of esters is 2. The van der Waals surface area contributed by atoms with E-state index in [2.05, 4.69) is 17.9 Å². The summed E-state index contributed by atoms with van der Waals surface area (Å²) in [6, 6.07) is 14.2. The van der Waals surface area contributed by atoms with Crippen molar-refractivity contribution in [2.24, 2.45) is 0 Å². The Kier molecular flexibility index (Phi) is 12.1. The van der Waals surface area contributed by atoms with Gasteiger partial charge in [0.05, 0.1) is 26.1 Å². The number of rotatable bonds is 15. The van der Waals surface area contributed by atoms with Crippen LogP contribution >= 0.6 is 11.8 Å². The summed E-state index contributed by atoms with van der Waals surface area (Å²) in [6.45, 7) is 7.88. The van der Waals surface area contributed by atoms with Gasteiger partial charge in [0.2, 0.25) is 5.12 Å². The predicted molar refractivity (Wildman–Crippen MR) is 130 cm³/mol. The van der Waals surface area contributed by atoms with Crippen molar-refractivity contribution in [3.8, 4) is 11.5 Å². The molecular weight excluding hydrogens is 456 g/mol. The van der Waals surface area contributed by atoms with Gasteiger partial charge >= 0.3 is 11.9 Å². The topological polar surface area (TPSA) is 88.1 Å². The lowest BCUT2D eigenvalue weighted by Gasteiger charge is -2.08. The Morgan fingerprint density at radius 3 is 2.00 bits per heavy atom. The van der Waals surface area contributed by atoms with E-state index in [1.165, 1.54) is 0 Å². The van der Waals surface area contributed by atoms with E-state index in [9.17, 15) is 14.4 Å². The zero-order valence-electron chi connectivity index (χ0n) is 18.9. The van der Waals surface area contributed by atoms with Crippen molar-refractivity contribution in [1.29, 1.82) is 0 Å². The molecule has 0 aromatic heterocycles. The molecule has 0 fully saturated rings. The molecule has 0 saturated heterocycles. The third-order valence-electron chi connectivity index (χ3n) is 4.35. The lowest BCUT2D eigenvalue weighted by Crippen LogP contribution is -2.04. The molecule has 0 amide bonds. The summed E-state index contributed by atoms with van der Waals surface area (Å²) in [5.74, 6) is 0.561. The molecule has 0 bridgehead atoms. The zero-order valence-corrected chi connectivity index (χ0v) is 19.7. The Hall–Kier alpha value is -3.52. The SMILES string of the molecule is C=COC(=O)CCCOc1ccc(C(=O)Sc2ccc(OCCCCOC(=O)C=C)cc2)cc1. The Morgan fingerprint density at radius 1 is 0.794 bits per heavy atom. The van der Waals surface area contributed by atoms with Crippen LogP contribution in [0.15, 0.2) is 78.9 Å². The summed E-state index contributed by atoms with van der Waals surface area (Å²) >= 11 is 1.13. The fourth-order valence-electron chi connectivity index (χ4n) is 2.64. The summed E-state index contributed by atoms with van der Waals surface area (Å²) in [5, 5.41) is -0.0820. The van der Waals surface area contributed by atoms with Crippen molar-refractivity contribution in [3.63, 3.8) is 0 Å². The molecule has 0 unspecified atom stereocenters. The van der Waals surface area contributed by atoms with Crippen LogP contribution in [0, 0.1) is 0 Å².